The Morgan fingerprint density at radius 2 is 1.63 bits per heavy atom. The average molecular weight is 405 g/mol. The molecule has 0 aliphatic heterocycles. The Kier molecular flexibility index (Phi) is 5.34. The molecule has 0 radical (unpaired) electrons. The molecule has 6 nitrogen and oxygen atoms in total. The van der Waals surface area contributed by atoms with Crippen molar-refractivity contribution >= 4 is 22.8 Å². The topological polar surface area (TPSA) is 94.3 Å². The van der Waals surface area contributed by atoms with E-state index in [4.69, 9.17) is 16.5 Å². The minimum atomic E-state index is 0.334. The molecular weight excluding hydrogens is 372 g/mol. The number of fused-ring (bicyclic) bond motifs is 1. The third kappa shape index (κ3) is 4.01. The predicted octanol–water partition coefficient (Wildman–Crippen LogP) is 5.09. The molecule has 2 fully saturated rings. The zero-order chi connectivity index (χ0) is 20.5. The van der Waals surface area contributed by atoms with Gasteiger partial charge in [0.05, 0.1) is 17.6 Å². The molecule has 2 saturated carbocycles. The molecule has 30 heavy (non-hydrogen) atoms. The van der Waals surface area contributed by atoms with Crippen molar-refractivity contribution in [1.29, 1.82) is 0 Å². The standard InChI is InChI=1S/C24H32N6/c25-19-10-6-18(7-11-19)22-15-30-24(28-22)21(14-23(26)29-30)27-20-12-8-17(9-13-20)16-4-2-1-3-5-16/h8-9,12-16,18-19,27H,1-7,10-11,25H2,(H2,26,29). The van der Waals surface area contributed by atoms with Gasteiger partial charge in [-0.05, 0) is 62.1 Å². The largest absolute Gasteiger partial charge is 0.382 e. The number of aromatic nitrogens is 3. The molecule has 6 heteroatoms. The monoisotopic (exact) mass is 404 g/mol. The number of nitrogen functional groups attached to an aromatic ring is 1. The van der Waals surface area contributed by atoms with Crippen molar-refractivity contribution in [3.05, 3.63) is 47.8 Å². The Balaban J connectivity index is 1.38. The second-order valence-electron chi connectivity index (χ2n) is 9.11. The summed E-state index contributed by atoms with van der Waals surface area (Å²) in [6.45, 7) is 0. The van der Waals surface area contributed by atoms with Gasteiger partial charge in [0.25, 0.3) is 0 Å². The lowest BCUT2D eigenvalue weighted by atomic mass is 9.84. The van der Waals surface area contributed by atoms with Gasteiger partial charge in [-0.1, -0.05) is 31.4 Å². The minimum absolute atomic E-state index is 0.334. The van der Waals surface area contributed by atoms with Gasteiger partial charge in [0.2, 0.25) is 0 Å². The van der Waals surface area contributed by atoms with Crippen LogP contribution in [0.1, 0.15) is 80.9 Å². The van der Waals surface area contributed by atoms with Crippen molar-refractivity contribution in [2.75, 3.05) is 11.1 Å². The molecule has 5 N–H and O–H groups in total. The maximum absolute atomic E-state index is 6.09. The van der Waals surface area contributed by atoms with Crippen LogP contribution in [0.2, 0.25) is 0 Å². The van der Waals surface area contributed by atoms with Crippen LogP contribution in [0.5, 0.6) is 0 Å². The highest BCUT2D eigenvalue weighted by Gasteiger charge is 2.23. The fourth-order valence-corrected chi connectivity index (χ4v) is 5.15. The molecule has 0 amide bonds. The van der Waals surface area contributed by atoms with Crippen molar-refractivity contribution in [2.24, 2.45) is 5.73 Å². The molecule has 0 saturated heterocycles. The Hall–Kier alpha value is -2.60. The molecular formula is C24H32N6. The van der Waals surface area contributed by atoms with Gasteiger partial charge in [-0.25, -0.2) is 9.50 Å². The summed E-state index contributed by atoms with van der Waals surface area (Å²) < 4.78 is 1.82. The predicted molar refractivity (Wildman–Crippen MR) is 122 cm³/mol. The number of nitrogens with one attached hydrogen (secondary N) is 1. The molecule has 3 aromatic rings. The molecule has 2 aliphatic carbocycles. The summed E-state index contributed by atoms with van der Waals surface area (Å²) in [5.74, 6) is 1.66. The molecule has 0 spiro atoms. The van der Waals surface area contributed by atoms with Crippen molar-refractivity contribution in [1.82, 2.24) is 14.6 Å². The number of benzene rings is 1. The van der Waals surface area contributed by atoms with Gasteiger partial charge in [0, 0.05) is 23.7 Å². The molecule has 0 bridgehead atoms. The Morgan fingerprint density at radius 1 is 0.900 bits per heavy atom. The zero-order valence-corrected chi connectivity index (χ0v) is 17.6. The van der Waals surface area contributed by atoms with E-state index in [0.717, 1.165) is 54.3 Å². The van der Waals surface area contributed by atoms with Crippen LogP contribution in [0.15, 0.2) is 36.5 Å². The van der Waals surface area contributed by atoms with Crippen LogP contribution in [0.25, 0.3) is 5.65 Å². The zero-order valence-electron chi connectivity index (χ0n) is 17.6. The molecule has 0 atom stereocenters. The van der Waals surface area contributed by atoms with E-state index in [1.807, 2.05) is 16.8 Å². The normalized spacial score (nSPS) is 23.0. The van der Waals surface area contributed by atoms with Gasteiger partial charge in [-0.15, -0.1) is 5.10 Å². The van der Waals surface area contributed by atoms with E-state index in [9.17, 15) is 0 Å². The van der Waals surface area contributed by atoms with E-state index in [0.29, 0.717) is 17.8 Å². The van der Waals surface area contributed by atoms with E-state index < -0.39 is 0 Å². The van der Waals surface area contributed by atoms with E-state index in [1.165, 1.54) is 37.7 Å². The Morgan fingerprint density at radius 3 is 2.37 bits per heavy atom. The fourth-order valence-electron chi connectivity index (χ4n) is 5.15. The highest BCUT2D eigenvalue weighted by atomic mass is 15.3. The molecule has 158 valence electrons. The smallest absolute Gasteiger partial charge is 0.177 e. The van der Waals surface area contributed by atoms with Crippen LogP contribution in [-0.2, 0) is 0 Å². The van der Waals surface area contributed by atoms with E-state index in [2.05, 4.69) is 34.7 Å². The van der Waals surface area contributed by atoms with Crippen molar-refractivity contribution in [2.45, 2.75) is 75.7 Å². The van der Waals surface area contributed by atoms with Crippen LogP contribution < -0.4 is 16.8 Å². The van der Waals surface area contributed by atoms with Crippen molar-refractivity contribution < 1.29 is 0 Å². The minimum Gasteiger partial charge on any atom is -0.382 e. The van der Waals surface area contributed by atoms with Crippen molar-refractivity contribution in [3.8, 4) is 0 Å². The lowest BCUT2D eigenvalue weighted by molar-refractivity contribution is 0.391. The SMILES string of the molecule is Nc1cc(Nc2ccc(C3CCCCC3)cc2)c2nc(C3CCC(N)CC3)cn2n1. The number of anilines is 3. The Labute approximate surface area is 178 Å². The summed E-state index contributed by atoms with van der Waals surface area (Å²) in [7, 11) is 0. The van der Waals surface area contributed by atoms with E-state index in [-0.39, 0.29) is 0 Å². The number of rotatable bonds is 4. The second kappa shape index (κ2) is 8.26. The average Bonchev–Trinajstić information content (AvgIpc) is 3.19. The van der Waals surface area contributed by atoms with Crippen molar-refractivity contribution in [3.63, 3.8) is 0 Å². The van der Waals surface area contributed by atoms with Gasteiger partial charge >= 0.3 is 0 Å². The third-order valence-corrected chi connectivity index (χ3v) is 6.92. The highest BCUT2D eigenvalue weighted by molar-refractivity contribution is 5.75. The first-order valence-corrected chi connectivity index (χ1v) is 11.4. The maximum Gasteiger partial charge on any atom is 0.177 e. The summed E-state index contributed by atoms with van der Waals surface area (Å²) >= 11 is 0. The summed E-state index contributed by atoms with van der Waals surface area (Å²) in [5.41, 5.74) is 17.5. The molecule has 2 aliphatic rings. The number of imidazole rings is 1. The number of hydrogen-bond donors (Lipinski definition) is 3. The van der Waals surface area contributed by atoms with E-state index in [1.54, 1.807) is 0 Å². The van der Waals surface area contributed by atoms with Gasteiger partial charge in [-0.2, -0.15) is 0 Å². The molecule has 5 rings (SSSR count). The van der Waals surface area contributed by atoms with Gasteiger partial charge in [0.1, 0.15) is 5.82 Å². The highest BCUT2D eigenvalue weighted by Crippen LogP contribution is 2.35. The summed E-state index contributed by atoms with van der Waals surface area (Å²) in [5, 5.41) is 7.97. The Bertz CT molecular complexity index is 994. The van der Waals surface area contributed by atoms with Crippen LogP contribution in [0, 0.1) is 0 Å². The first-order valence-electron chi connectivity index (χ1n) is 11.4. The van der Waals surface area contributed by atoms with Gasteiger partial charge in [0.15, 0.2) is 5.65 Å². The summed E-state index contributed by atoms with van der Waals surface area (Å²) in [6.07, 6.45) is 13.1. The van der Waals surface area contributed by atoms with E-state index >= 15 is 0 Å². The summed E-state index contributed by atoms with van der Waals surface area (Å²) in [6, 6.07) is 11.1. The van der Waals surface area contributed by atoms with Gasteiger partial charge < -0.3 is 16.8 Å². The lowest BCUT2D eigenvalue weighted by Gasteiger charge is -2.24. The first kappa shape index (κ1) is 19.4. The first-order chi connectivity index (χ1) is 14.7. The van der Waals surface area contributed by atoms with Crippen LogP contribution >= 0.6 is 0 Å². The van der Waals surface area contributed by atoms with Crippen LogP contribution in [-0.4, -0.2) is 20.6 Å². The quantitative estimate of drug-likeness (QED) is 0.563. The molecule has 2 aromatic heterocycles. The molecule has 2 heterocycles. The number of nitrogens with zero attached hydrogens (tertiary/aromatic N) is 3. The third-order valence-electron chi connectivity index (χ3n) is 6.92. The van der Waals surface area contributed by atoms with Crippen LogP contribution in [0.3, 0.4) is 0 Å². The number of hydrogen-bond acceptors (Lipinski definition) is 5. The van der Waals surface area contributed by atoms with Gasteiger partial charge in [-0.3, -0.25) is 0 Å². The second-order valence-corrected chi connectivity index (χ2v) is 9.11. The molecule has 1 aromatic carbocycles. The van der Waals surface area contributed by atoms with Crippen LogP contribution in [0.4, 0.5) is 17.2 Å². The maximum atomic E-state index is 6.09. The summed E-state index contributed by atoms with van der Waals surface area (Å²) in [4.78, 5) is 4.93. The number of nitrogens with two attached hydrogens (primary N) is 2. The lowest BCUT2D eigenvalue weighted by Crippen LogP contribution is -2.25. The fraction of sp³-hybridized carbons (Fsp3) is 0.500. The molecule has 0 unspecified atom stereocenters.